The molecule has 0 saturated carbocycles. The molecule has 0 amide bonds. The maximum absolute atomic E-state index is 4.74. The molecule has 1 aliphatic carbocycles. The number of hydrogen-bond donors (Lipinski definition) is 1. The predicted molar refractivity (Wildman–Crippen MR) is 79.6 cm³/mol. The molecule has 0 bridgehead atoms. The summed E-state index contributed by atoms with van der Waals surface area (Å²) in [7, 11) is 0. The smallest absolute Gasteiger partial charge is 0.126 e. The Labute approximate surface area is 116 Å². The van der Waals surface area contributed by atoms with Crippen LogP contribution >= 0.6 is 0 Å². The zero-order valence-corrected chi connectivity index (χ0v) is 12.2. The highest BCUT2D eigenvalue weighted by Gasteiger charge is 2.24. The van der Waals surface area contributed by atoms with Gasteiger partial charge in [-0.25, -0.2) is 4.98 Å². The molecule has 3 nitrogen and oxygen atoms in total. The summed E-state index contributed by atoms with van der Waals surface area (Å²) in [5.74, 6) is 1.85. The van der Waals surface area contributed by atoms with Crippen LogP contribution in [0.4, 0.5) is 5.82 Å². The van der Waals surface area contributed by atoms with E-state index in [9.17, 15) is 0 Å². The van der Waals surface area contributed by atoms with Crippen LogP contribution in [0.5, 0.6) is 0 Å². The fourth-order valence-electron chi connectivity index (χ4n) is 3.27. The largest absolute Gasteiger partial charge is 0.370 e. The number of aryl methyl sites for hydroxylation is 2. The highest BCUT2D eigenvalue weighted by molar-refractivity contribution is 5.40. The van der Waals surface area contributed by atoms with E-state index in [4.69, 9.17) is 4.98 Å². The van der Waals surface area contributed by atoms with Gasteiger partial charge in [0.2, 0.25) is 0 Å². The minimum Gasteiger partial charge on any atom is -0.370 e. The first-order chi connectivity index (χ1) is 9.22. The van der Waals surface area contributed by atoms with Crippen molar-refractivity contribution in [3.8, 4) is 0 Å². The van der Waals surface area contributed by atoms with Crippen molar-refractivity contribution in [2.24, 2.45) is 5.92 Å². The van der Waals surface area contributed by atoms with E-state index >= 15 is 0 Å². The van der Waals surface area contributed by atoms with Gasteiger partial charge < -0.3 is 10.2 Å². The van der Waals surface area contributed by atoms with Crippen molar-refractivity contribution >= 4 is 5.82 Å². The standard InChI is InChI=1S/C16H25N3/c1-12(2)19-9-8-13(11-19)10-17-16-7-6-14-4-3-5-15(14)18-16/h6-7,12-13H,3-5,8-11H2,1-2H3,(H,17,18). The minimum absolute atomic E-state index is 0.683. The van der Waals surface area contributed by atoms with Gasteiger partial charge in [-0.15, -0.1) is 0 Å². The zero-order valence-electron chi connectivity index (χ0n) is 12.2. The third-order valence-electron chi connectivity index (χ3n) is 4.55. The number of nitrogens with one attached hydrogen (secondary N) is 1. The van der Waals surface area contributed by atoms with Crippen molar-refractivity contribution in [2.45, 2.75) is 45.6 Å². The topological polar surface area (TPSA) is 28.2 Å². The monoisotopic (exact) mass is 259 g/mol. The number of nitrogens with zero attached hydrogens (tertiary/aromatic N) is 2. The fourth-order valence-corrected chi connectivity index (χ4v) is 3.27. The molecular weight excluding hydrogens is 234 g/mol. The van der Waals surface area contributed by atoms with Crippen LogP contribution in [0.2, 0.25) is 0 Å². The van der Waals surface area contributed by atoms with E-state index in [-0.39, 0.29) is 0 Å². The SMILES string of the molecule is CC(C)N1CCC(CNc2ccc3c(n2)CCC3)C1. The molecule has 3 heteroatoms. The number of hydrogen-bond acceptors (Lipinski definition) is 3. The molecular formula is C16H25N3. The Balaban J connectivity index is 1.53. The van der Waals surface area contributed by atoms with Crippen LogP contribution in [0.3, 0.4) is 0 Å². The van der Waals surface area contributed by atoms with E-state index < -0.39 is 0 Å². The van der Waals surface area contributed by atoms with Crippen LogP contribution in [-0.4, -0.2) is 35.6 Å². The molecule has 0 radical (unpaired) electrons. The molecule has 19 heavy (non-hydrogen) atoms. The van der Waals surface area contributed by atoms with Gasteiger partial charge in [-0.05, 0) is 63.6 Å². The van der Waals surface area contributed by atoms with Crippen molar-refractivity contribution in [3.63, 3.8) is 0 Å². The number of likely N-dealkylation sites (tertiary alicyclic amines) is 1. The quantitative estimate of drug-likeness (QED) is 0.901. The summed E-state index contributed by atoms with van der Waals surface area (Å²) in [5, 5.41) is 3.54. The van der Waals surface area contributed by atoms with Crippen molar-refractivity contribution in [1.82, 2.24) is 9.88 Å². The number of anilines is 1. The van der Waals surface area contributed by atoms with Crippen LogP contribution in [0, 0.1) is 5.92 Å². The molecule has 1 atom stereocenters. The molecule has 2 heterocycles. The molecule has 1 saturated heterocycles. The van der Waals surface area contributed by atoms with Gasteiger partial charge in [-0.1, -0.05) is 6.07 Å². The Kier molecular flexibility index (Phi) is 3.74. The summed E-state index contributed by atoms with van der Waals surface area (Å²) >= 11 is 0. The summed E-state index contributed by atoms with van der Waals surface area (Å²) in [5.41, 5.74) is 2.78. The van der Waals surface area contributed by atoms with Gasteiger partial charge in [-0.2, -0.15) is 0 Å². The Morgan fingerprint density at radius 3 is 3.05 bits per heavy atom. The second-order valence-electron chi connectivity index (χ2n) is 6.28. The van der Waals surface area contributed by atoms with Gasteiger partial charge in [0, 0.05) is 24.8 Å². The summed E-state index contributed by atoms with van der Waals surface area (Å²) in [4.78, 5) is 7.32. The van der Waals surface area contributed by atoms with E-state index in [2.05, 4.69) is 36.2 Å². The van der Waals surface area contributed by atoms with Gasteiger partial charge in [-0.3, -0.25) is 0 Å². The highest BCUT2D eigenvalue weighted by atomic mass is 15.2. The molecule has 1 aromatic heterocycles. The lowest BCUT2D eigenvalue weighted by Gasteiger charge is -2.20. The van der Waals surface area contributed by atoms with Crippen LogP contribution < -0.4 is 5.32 Å². The van der Waals surface area contributed by atoms with E-state index in [0.29, 0.717) is 6.04 Å². The molecule has 0 spiro atoms. The lowest BCUT2D eigenvalue weighted by atomic mass is 10.1. The first-order valence-electron chi connectivity index (χ1n) is 7.69. The molecule has 1 unspecified atom stereocenters. The van der Waals surface area contributed by atoms with Crippen LogP contribution in [0.1, 0.15) is 37.9 Å². The highest BCUT2D eigenvalue weighted by Crippen LogP contribution is 2.23. The van der Waals surface area contributed by atoms with Gasteiger partial charge in [0.05, 0.1) is 0 Å². The fraction of sp³-hybridized carbons (Fsp3) is 0.688. The summed E-state index contributed by atoms with van der Waals surface area (Å²) in [6, 6.07) is 5.09. The Morgan fingerprint density at radius 1 is 1.37 bits per heavy atom. The third-order valence-corrected chi connectivity index (χ3v) is 4.55. The van der Waals surface area contributed by atoms with Gasteiger partial charge in [0.15, 0.2) is 0 Å². The summed E-state index contributed by atoms with van der Waals surface area (Å²) in [6.45, 7) is 8.13. The lowest BCUT2D eigenvalue weighted by Crippen LogP contribution is -2.29. The minimum atomic E-state index is 0.683. The number of fused-ring (bicyclic) bond motifs is 1. The van der Waals surface area contributed by atoms with E-state index in [1.165, 1.54) is 43.6 Å². The number of rotatable bonds is 4. The second kappa shape index (κ2) is 5.49. The predicted octanol–water partition coefficient (Wildman–Crippen LogP) is 2.71. The molecule has 1 N–H and O–H groups in total. The van der Waals surface area contributed by atoms with E-state index in [1.807, 2.05) is 0 Å². The third kappa shape index (κ3) is 2.92. The van der Waals surface area contributed by atoms with Crippen molar-refractivity contribution in [1.29, 1.82) is 0 Å². The zero-order chi connectivity index (χ0) is 13.2. The molecule has 1 aromatic rings. The molecule has 104 valence electrons. The lowest BCUT2D eigenvalue weighted by molar-refractivity contribution is 0.266. The normalized spacial score (nSPS) is 23.0. The Morgan fingerprint density at radius 2 is 2.26 bits per heavy atom. The average molecular weight is 259 g/mol. The second-order valence-corrected chi connectivity index (χ2v) is 6.28. The van der Waals surface area contributed by atoms with Gasteiger partial charge in [0.25, 0.3) is 0 Å². The number of aromatic nitrogens is 1. The first-order valence-corrected chi connectivity index (χ1v) is 7.69. The van der Waals surface area contributed by atoms with Crippen LogP contribution in [0.25, 0.3) is 0 Å². The molecule has 1 aliphatic heterocycles. The van der Waals surface area contributed by atoms with Crippen molar-refractivity contribution in [3.05, 3.63) is 23.4 Å². The van der Waals surface area contributed by atoms with Gasteiger partial charge in [0.1, 0.15) is 5.82 Å². The van der Waals surface area contributed by atoms with Crippen molar-refractivity contribution < 1.29 is 0 Å². The van der Waals surface area contributed by atoms with Crippen LogP contribution in [0.15, 0.2) is 12.1 Å². The first kappa shape index (κ1) is 12.9. The average Bonchev–Trinajstić information content (AvgIpc) is 3.04. The summed E-state index contributed by atoms with van der Waals surface area (Å²) in [6.07, 6.45) is 4.97. The van der Waals surface area contributed by atoms with E-state index in [1.54, 1.807) is 0 Å². The molecule has 0 aromatic carbocycles. The van der Waals surface area contributed by atoms with Crippen LogP contribution in [-0.2, 0) is 12.8 Å². The Bertz CT molecular complexity index is 442. The maximum atomic E-state index is 4.74. The molecule has 1 fully saturated rings. The molecule has 3 rings (SSSR count). The number of pyridine rings is 1. The van der Waals surface area contributed by atoms with Gasteiger partial charge >= 0.3 is 0 Å². The Hall–Kier alpha value is -1.09. The summed E-state index contributed by atoms with van der Waals surface area (Å²) < 4.78 is 0. The van der Waals surface area contributed by atoms with Crippen molar-refractivity contribution in [2.75, 3.05) is 25.0 Å². The maximum Gasteiger partial charge on any atom is 0.126 e. The molecule has 2 aliphatic rings. The van der Waals surface area contributed by atoms with E-state index in [0.717, 1.165) is 24.7 Å².